The van der Waals surface area contributed by atoms with Crippen molar-refractivity contribution in [2.45, 2.75) is 30.4 Å². The summed E-state index contributed by atoms with van der Waals surface area (Å²) in [5.74, 6) is -0.457. The smallest absolute Gasteiger partial charge is 0.318 e. The second-order valence-electron chi connectivity index (χ2n) is 4.86. The zero-order valence-corrected chi connectivity index (χ0v) is 14.5. The molecule has 0 spiro atoms. The minimum Gasteiger partial charge on any atom is -0.351 e. The number of aromatic nitrogens is 2. The van der Waals surface area contributed by atoms with Gasteiger partial charge < -0.3 is 11.1 Å². The van der Waals surface area contributed by atoms with Crippen LogP contribution in [0.5, 0.6) is 0 Å². The number of benzene rings is 1. The van der Waals surface area contributed by atoms with Crippen LogP contribution in [0.25, 0.3) is 0 Å². The predicted molar refractivity (Wildman–Crippen MR) is 92.2 cm³/mol. The summed E-state index contributed by atoms with van der Waals surface area (Å²) in [6, 6.07) is 5.12. The third kappa shape index (κ3) is 4.67. The fraction of sp³-hybridized carbons (Fsp3) is 0.286. The van der Waals surface area contributed by atoms with E-state index in [1.165, 1.54) is 28.7 Å². The fourth-order valence-corrected chi connectivity index (χ4v) is 3.65. The van der Waals surface area contributed by atoms with Crippen molar-refractivity contribution in [3.63, 3.8) is 0 Å². The van der Waals surface area contributed by atoms with Gasteiger partial charge in [0.15, 0.2) is 4.34 Å². The first-order valence-electron chi connectivity index (χ1n) is 6.80. The molecule has 0 aliphatic heterocycles. The molecule has 0 bridgehead atoms. The Morgan fingerprint density at radius 2 is 2.04 bits per heavy atom. The highest BCUT2D eigenvalue weighted by Gasteiger charge is 2.18. The van der Waals surface area contributed by atoms with E-state index >= 15 is 0 Å². The Labute approximate surface area is 142 Å². The maximum Gasteiger partial charge on any atom is 0.318 e. The molecule has 1 aromatic carbocycles. The molecule has 9 heteroatoms. The van der Waals surface area contributed by atoms with Gasteiger partial charge in [0.2, 0.25) is 11.0 Å². The number of nitrogens with two attached hydrogens (primary N) is 1. The number of nitrogens with one attached hydrogen (secondary N) is 2. The molecule has 23 heavy (non-hydrogen) atoms. The van der Waals surface area contributed by atoms with Crippen molar-refractivity contribution in [2.75, 3.05) is 5.32 Å². The van der Waals surface area contributed by atoms with Crippen LogP contribution in [-0.2, 0) is 4.79 Å². The highest BCUT2D eigenvalue weighted by atomic mass is 32.2. The van der Waals surface area contributed by atoms with E-state index in [1.807, 2.05) is 37.4 Å². The topological polar surface area (TPSA) is 110 Å². The van der Waals surface area contributed by atoms with Gasteiger partial charge in [0.05, 0.1) is 5.25 Å². The first-order chi connectivity index (χ1) is 10.9. The first kappa shape index (κ1) is 17.2. The van der Waals surface area contributed by atoms with E-state index in [-0.39, 0.29) is 0 Å². The predicted octanol–water partition coefficient (Wildman–Crippen LogP) is 2.57. The number of thioether (sulfide) groups is 1. The third-order valence-corrected chi connectivity index (χ3v) is 5.17. The largest absolute Gasteiger partial charge is 0.351 e. The summed E-state index contributed by atoms with van der Waals surface area (Å²) in [4.78, 5) is 22.3. The number of imide groups is 1. The number of anilines is 2. The average molecular weight is 351 g/mol. The van der Waals surface area contributed by atoms with Crippen LogP contribution in [0.15, 0.2) is 22.5 Å². The summed E-state index contributed by atoms with van der Waals surface area (Å²) in [5.41, 5.74) is 8.23. The number of rotatable bonds is 5. The lowest BCUT2D eigenvalue weighted by atomic mass is 10.1. The Morgan fingerprint density at radius 3 is 2.74 bits per heavy atom. The number of aryl methyl sites for hydroxylation is 1. The number of urea groups is 1. The number of carbonyl (C=O) groups is 2. The van der Waals surface area contributed by atoms with Crippen molar-refractivity contribution in [1.29, 1.82) is 0 Å². The Bertz CT molecular complexity index is 732. The summed E-state index contributed by atoms with van der Waals surface area (Å²) >= 11 is 2.56. The van der Waals surface area contributed by atoms with Gasteiger partial charge in [0.25, 0.3) is 0 Å². The van der Waals surface area contributed by atoms with E-state index in [0.29, 0.717) is 9.47 Å². The van der Waals surface area contributed by atoms with Crippen LogP contribution in [-0.4, -0.2) is 27.4 Å². The molecule has 0 saturated carbocycles. The molecule has 1 aromatic heterocycles. The molecule has 1 heterocycles. The summed E-state index contributed by atoms with van der Waals surface area (Å²) in [7, 11) is 0. The first-order valence-corrected chi connectivity index (χ1v) is 8.50. The van der Waals surface area contributed by atoms with Crippen LogP contribution >= 0.6 is 23.1 Å². The maximum atomic E-state index is 11.6. The Balaban J connectivity index is 2.02. The van der Waals surface area contributed by atoms with Gasteiger partial charge in [0.1, 0.15) is 0 Å². The van der Waals surface area contributed by atoms with Crippen LogP contribution < -0.4 is 16.4 Å². The standard InChI is InChI=1S/C14H17N5O2S2/c1-7-5-4-6-10(8(7)2)16-13-18-19-14(23-13)22-9(3)11(20)17-12(15)21/h4-6,9H,1-3H3,(H,16,18)(H3,15,17,20,21)/t9-/m1/s1. The normalized spacial score (nSPS) is 11.8. The third-order valence-electron chi connectivity index (χ3n) is 3.15. The number of amides is 3. The molecule has 0 saturated heterocycles. The van der Waals surface area contributed by atoms with Gasteiger partial charge in [-0.05, 0) is 38.0 Å². The van der Waals surface area contributed by atoms with Gasteiger partial charge in [-0.2, -0.15) is 0 Å². The zero-order valence-electron chi connectivity index (χ0n) is 12.9. The lowest BCUT2D eigenvalue weighted by Crippen LogP contribution is -2.39. The van der Waals surface area contributed by atoms with E-state index in [0.717, 1.165) is 11.3 Å². The molecule has 2 rings (SSSR count). The molecule has 4 N–H and O–H groups in total. The van der Waals surface area contributed by atoms with Crippen molar-refractivity contribution in [3.8, 4) is 0 Å². The van der Waals surface area contributed by atoms with E-state index < -0.39 is 17.2 Å². The number of carbonyl (C=O) groups excluding carboxylic acids is 2. The highest BCUT2D eigenvalue weighted by Crippen LogP contribution is 2.31. The Morgan fingerprint density at radius 1 is 1.30 bits per heavy atom. The van der Waals surface area contributed by atoms with E-state index in [4.69, 9.17) is 5.73 Å². The SMILES string of the molecule is Cc1cccc(Nc2nnc(S[C@H](C)C(=O)NC(N)=O)s2)c1C. The van der Waals surface area contributed by atoms with Crippen molar-refractivity contribution >= 4 is 45.9 Å². The molecule has 2 aromatic rings. The van der Waals surface area contributed by atoms with Crippen LogP contribution in [0, 0.1) is 13.8 Å². The zero-order chi connectivity index (χ0) is 17.0. The molecular weight excluding hydrogens is 334 g/mol. The van der Waals surface area contributed by atoms with Gasteiger partial charge in [0, 0.05) is 5.69 Å². The van der Waals surface area contributed by atoms with Gasteiger partial charge in [-0.25, -0.2) is 4.79 Å². The molecule has 0 fully saturated rings. The van der Waals surface area contributed by atoms with Crippen LogP contribution in [0.1, 0.15) is 18.1 Å². The summed E-state index contributed by atoms with van der Waals surface area (Å²) in [6.07, 6.45) is 0. The van der Waals surface area contributed by atoms with E-state index in [9.17, 15) is 9.59 Å². The van der Waals surface area contributed by atoms with Crippen LogP contribution in [0.4, 0.5) is 15.6 Å². The molecule has 0 unspecified atom stereocenters. The van der Waals surface area contributed by atoms with Crippen molar-refractivity contribution in [2.24, 2.45) is 5.73 Å². The van der Waals surface area contributed by atoms with Crippen LogP contribution in [0.3, 0.4) is 0 Å². The van der Waals surface area contributed by atoms with E-state index in [2.05, 4.69) is 15.5 Å². The minimum atomic E-state index is -0.864. The molecule has 7 nitrogen and oxygen atoms in total. The summed E-state index contributed by atoms with van der Waals surface area (Å²) in [5, 5.41) is 13.5. The molecule has 0 radical (unpaired) electrons. The fourth-order valence-electron chi connectivity index (χ4n) is 1.74. The summed E-state index contributed by atoms with van der Waals surface area (Å²) in [6.45, 7) is 5.74. The highest BCUT2D eigenvalue weighted by molar-refractivity contribution is 8.02. The van der Waals surface area contributed by atoms with Crippen molar-refractivity contribution in [3.05, 3.63) is 29.3 Å². The van der Waals surface area contributed by atoms with Gasteiger partial charge >= 0.3 is 6.03 Å². The number of primary amides is 1. The second kappa shape index (κ2) is 7.42. The van der Waals surface area contributed by atoms with Crippen molar-refractivity contribution in [1.82, 2.24) is 15.5 Å². The van der Waals surface area contributed by atoms with Crippen LogP contribution in [0.2, 0.25) is 0 Å². The molecular formula is C14H17N5O2S2. The maximum absolute atomic E-state index is 11.6. The number of nitrogens with zero attached hydrogens (tertiary/aromatic N) is 2. The van der Waals surface area contributed by atoms with Crippen molar-refractivity contribution < 1.29 is 9.59 Å². The van der Waals surface area contributed by atoms with E-state index in [1.54, 1.807) is 6.92 Å². The lowest BCUT2D eigenvalue weighted by Gasteiger charge is -2.08. The molecule has 0 aliphatic carbocycles. The molecule has 1 atom stereocenters. The monoisotopic (exact) mass is 351 g/mol. The molecule has 122 valence electrons. The van der Waals surface area contributed by atoms with Gasteiger partial charge in [-0.15, -0.1) is 10.2 Å². The lowest BCUT2D eigenvalue weighted by molar-refractivity contribution is -0.119. The molecule has 3 amide bonds. The Hall–Kier alpha value is -2.13. The Kier molecular flexibility index (Phi) is 5.56. The minimum absolute atomic E-state index is 0.457. The van der Waals surface area contributed by atoms with Gasteiger partial charge in [-0.3, -0.25) is 10.1 Å². The van der Waals surface area contributed by atoms with Gasteiger partial charge in [-0.1, -0.05) is 35.2 Å². The quantitative estimate of drug-likeness (QED) is 0.714. The number of hydrogen-bond donors (Lipinski definition) is 3. The second-order valence-corrected chi connectivity index (χ2v) is 7.42. The average Bonchev–Trinajstić information content (AvgIpc) is 2.90. The summed E-state index contributed by atoms with van der Waals surface area (Å²) < 4.78 is 0.630. The molecule has 0 aliphatic rings. The number of hydrogen-bond acceptors (Lipinski definition) is 7.